The fourth-order valence-corrected chi connectivity index (χ4v) is 2.17. The zero-order valence-electron chi connectivity index (χ0n) is 10.1. The predicted octanol–water partition coefficient (Wildman–Crippen LogP) is 1.10. The maximum Gasteiger partial charge on any atom is 0.228 e. The summed E-state index contributed by atoms with van der Waals surface area (Å²) in [6.07, 6.45) is 4.13. The van der Waals surface area contributed by atoms with Crippen LogP contribution < -0.4 is 10.4 Å². The van der Waals surface area contributed by atoms with Crippen molar-refractivity contribution in [3.8, 4) is 0 Å². The minimum atomic E-state index is -1.23. The Bertz CT molecular complexity index is 527. The van der Waals surface area contributed by atoms with Gasteiger partial charge in [0.05, 0.1) is 5.92 Å². The number of anilines is 1. The summed E-state index contributed by atoms with van der Waals surface area (Å²) in [4.78, 5) is 23.0. The molecule has 0 unspecified atom stereocenters. The fraction of sp³-hybridized carbons (Fsp3) is 0.286. The van der Waals surface area contributed by atoms with E-state index in [9.17, 15) is 19.1 Å². The number of amides is 1. The van der Waals surface area contributed by atoms with Crippen molar-refractivity contribution >= 4 is 17.6 Å². The van der Waals surface area contributed by atoms with Crippen molar-refractivity contribution in [1.29, 1.82) is 0 Å². The van der Waals surface area contributed by atoms with Crippen LogP contribution in [0.15, 0.2) is 36.4 Å². The monoisotopic (exact) mass is 262 g/mol. The van der Waals surface area contributed by atoms with Crippen molar-refractivity contribution in [2.45, 2.75) is 12.8 Å². The first-order valence-electron chi connectivity index (χ1n) is 6.00. The summed E-state index contributed by atoms with van der Waals surface area (Å²) in [6.45, 7) is 0. The summed E-state index contributed by atoms with van der Waals surface area (Å²) in [5.41, 5.74) is 0.316. The van der Waals surface area contributed by atoms with E-state index in [0.717, 1.165) is 0 Å². The van der Waals surface area contributed by atoms with E-state index in [-0.39, 0.29) is 6.42 Å². The van der Waals surface area contributed by atoms with Gasteiger partial charge < -0.3 is 15.2 Å². The van der Waals surface area contributed by atoms with Gasteiger partial charge in [-0.05, 0) is 31.0 Å². The van der Waals surface area contributed by atoms with Crippen LogP contribution in [0.3, 0.4) is 0 Å². The highest BCUT2D eigenvalue weighted by atomic mass is 19.1. The second-order valence-electron chi connectivity index (χ2n) is 4.47. The number of allylic oxidation sites excluding steroid dienone is 2. The summed E-state index contributed by atoms with van der Waals surface area (Å²) < 4.78 is 13.0. The van der Waals surface area contributed by atoms with Crippen LogP contribution in [0.25, 0.3) is 0 Å². The molecule has 0 saturated carbocycles. The quantitative estimate of drug-likeness (QED) is 0.829. The number of aliphatic carboxylic acids is 1. The topological polar surface area (TPSA) is 69.2 Å². The van der Waals surface area contributed by atoms with Crippen LogP contribution in [-0.2, 0) is 9.59 Å². The number of carbonyl (C=O) groups excluding carboxylic acids is 2. The molecule has 1 aromatic carbocycles. The Morgan fingerprint density at radius 1 is 1.21 bits per heavy atom. The molecule has 0 bridgehead atoms. The van der Waals surface area contributed by atoms with E-state index < -0.39 is 29.5 Å². The average Bonchev–Trinajstić information content (AvgIpc) is 2.38. The summed E-state index contributed by atoms with van der Waals surface area (Å²) in [5, 5.41) is 13.5. The molecule has 4 nitrogen and oxygen atoms in total. The molecule has 1 amide bonds. The van der Waals surface area contributed by atoms with Gasteiger partial charge in [0.15, 0.2) is 0 Å². The number of carboxylic acids is 1. The molecule has 2 rings (SSSR count). The van der Waals surface area contributed by atoms with Crippen LogP contribution in [0.5, 0.6) is 0 Å². The van der Waals surface area contributed by atoms with Crippen LogP contribution in [0, 0.1) is 17.7 Å². The molecule has 1 aromatic rings. The smallest absolute Gasteiger partial charge is 0.228 e. The van der Waals surface area contributed by atoms with E-state index >= 15 is 0 Å². The number of halogens is 1. The zero-order valence-corrected chi connectivity index (χ0v) is 10.1. The molecule has 0 fully saturated rings. The molecule has 0 aromatic heterocycles. The number of carboxylic acid groups (broad SMARTS) is 1. The molecule has 0 radical (unpaired) electrons. The van der Waals surface area contributed by atoms with Gasteiger partial charge in [-0.2, -0.15) is 0 Å². The summed E-state index contributed by atoms with van der Waals surface area (Å²) in [5.74, 6) is -3.64. The van der Waals surface area contributed by atoms with Gasteiger partial charge in [0.1, 0.15) is 5.82 Å². The molecule has 1 N–H and O–H groups in total. The molecule has 0 heterocycles. The normalized spacial score (nSPS) is 21.9. The number of carbonyl (C=O) groups is 2. The molecular weight excluding hydrogens is 249 g/mol. The largest absolute Gasteiger partial charge is 0.550 e. The number of nitrogens with one attached hydrogen (secondary N) is 1. The summed E-state index contributed by atoms with van der Waals surface area (Å²) in [6, 6.07) is 5.48. The van der Waals surface area contributed by atoms with Gasteiger partial charge in [0.2, 0.25) is 5.91 Å². The third-order valence-electron chi connectivity index (χ3n) is 3.16. The minimum Gasteiger partial charge on any atom is -0.550 e. The molecule has 0 spiro atoms. The SMILES string of the molecule is O=C([O-])[C@H]1CC=CC[C@H]1C(=O)Nc1cccc(F)c1. The van der Waals surface area contributed by atoms with Crippen molar-refractivity contribution in [1.82, 2.24) is 0 Å². The predicted molar refractivity (Wildman–Crippen MR) is 65.4 cm³/mol. The standard InChI is InChI=1S/C14H14FNO3/c15-9-4-3-5-10(8-9)16-13(17)11-6-1-2-7-12(11)14(18)19/h1-5,8,11-12H,6-7H2,(H,16,17)(H,18,19)/p-1/t11-,12+/m1/s1. The van der Waals surface area contributed by atoms with E-state index in [1.54, 1.807) is 18.2 Å². The minimum absolute atomic E-state index is 0.281. The second-order valence-corrected chi connectivity index (χ2v) is 4.47. The van der Waals surface area contributed by atoms with E-state index in [1.165, 1.54) is 18.2 Å². The van der Waals surface area contributed by atoms with E-state index in [1.807, 2.05) is 0 Å². The Balaban J connectivity index is 2.10. The Morgan fingerprint density at radius 2 is 1.89 bits per heavy atom. The molecule has 0 saturated heterocycles. The Labute approximate surface area is 109 Å². The second kappa shape index (κ2) is 5.65. The summed E-state index contributed by atoms with van der Waals surface area (Å²) in [7, 11) is 0. The highest BCUT2D eigenvalue weighted by Gasteiger charge is 2.29. The van der Waals surface area contributed by atoms with Crippen LogP contribution in [0.4, 0.5) is 10.1 Å². The van der Waals surface area contributed by atoms with E-state index in [2.05, 4.69) is 5.32 Å². The number of rotatable bonds is 3. The molecule has 100 valence electrons. The van der Waals surface area contributed by atoms with Crippen LogP contribution in [0.1, 0.15) is 12.8 Å². The van der Waals surface area contributed by atoms with E-state index in [4.69, 9.17) is 0 Å². The van der Waals surface area contributed by atoms with Crippen LogP contribution in [-0.4, -0.2) is 11.9 Å². The van der Waals surface area contributed by atoms with Gasteiger partial charge >= 0.3 is 0 Å². The molecule has 5 heteroatoms. The molecule has 1 aliphatic carbocycles. The maximum absolute atomic E-state index is 13.0. The van der Waals surface area contributed by atoms with Crippen molar-refractivity contribution in [2.24, 2.45) is 11.8 Å². The zero-order chi connectivity index (χ0) is 13.8. The van der Waals surface area contributed by atoms with Gasteiger partial charge in [-0.3, -0.25) is 4.79 Å². The van der Waals surface area contributed by atoms with Crippen molar-refractivity contribution < 1.29 is 19.1 Å². The first kappa shape index (κ1) is 13.3. The Kier molecular flexibility index (Phi) is 3.94. The molecular formula is C14H13FNO3-. The fourth-order valence-electron chi connectivity index (χ4n) is 2.17. The van der Waals surface area contributed by atoms with Gasteiger partial charge in [-0.1, -0.05) is 18.2 Å². The van der Waals surface area contributed by atoms with E-state index in [0.29, 0.717) is 12.1 Å². The first-order chi connectivity index (χ1) is 9.08. The maximum atomic E-state index is 13.0. The van der Waals surface area contributed by atoms with Gasteiger partial charge in [-0.15, -0.1) is 0 Å². The summed E-state index contributed by atoms with van der Waals surface area (Å²) >= 11 is 0. The van der Waals surface area contributed by atoms with Gasteiger partial charge in [0.25, 0.3) is 0 Å². The number of hydrogen-bond acceptors (Lipinski definition) is 3. The van der Waals surface area contributed by atoms with Crippen molar-refractivity contribution in [3.63, 3.8) is 0 Å². The molecule has 0 aliphatic heterocycles. The third kappa shape index (κ3) is 3.19. The van der Waals surface area contributed by atoms with Crippen LogP contribution >= 0.6 is 0 Å². The Hall–Kier alpha value is -2.17. The van der Waals surface area contributed by atoms with Gasteiger partial charge in [-0.25, -0.2) is 4.39 Å². The lowest BCUT2D eigenvalue weighted by Crippen LogP contribution is -2.41. The lowest BCUT2D eigenvalue weighted by Gasteiger charge is -2.28. The first-order valence-corrected chi connectivity index (χ1v) is 6.00. The number of benzene rings is 1. The van der Waals surface area contributed by atoms with Gasteiger partial charge in [0, 0.05) is 17.6 Å². The molecule has 1 aliphatic rings. The highest BCUT2D eigenvalue weighted by molar-refractivity contribution is 5.95. The lowest BCUT2D eigenvalue weighted by molar-refractivity contribution is -0.313. The van der Waals surface area contributed by atoms with Crippen LogP contribution in [0.2, 0.25) is 0 Å². The highest BCUT2D eigenvalue weighted by Crippen LogP contribution is 2.26. The lowest BCUT2D eigenvalue weighted by atomic mass is 9.82. The number of hydrogen-bond donors (Lipinski definition) is 1. The van der Waals surface area contributed by atoms with Crippen molar-refractivity contribution in [2.75, 3.05) is 5.32 Å². The molecule has 2 atom stereocenters. The Morgan fingerprint density at radius 3 is 2.53 bits per heavy atom. The molecule has 19 heavy (non-hydrogen) atoms. The third-order valence-corrected chi connectivity index (χ3v) is 3.16. The van der Waals surface area contributed by atoms with Crippen molar-refractivity contribution in [3.05, 3.63) is 42.2 Å². The average molecular weight is 262 g/mol.